The molecular weight excluding hydrogens is 240 g/mol. The molecule has 3 N–H and O–H groups in total. The first-order valence-corrected chi connectivity index (χ1v) is 6.79. The number of ether oxygens (including phenoxy) is 1. The Balaban J connectivity index is 2.09. The summed E-state index contributed by atoms with van der Waals surface area (Å²) >= 11 is 0. The Morgan fingerprint density at radius 1 is 1.32 bits per heavy atom. The van der Waals surface area contributed by atoms with Crippen molar-refractivity contribution in [2.24, 2.45) is 11.7 Å². The van der Waals surface area contributed by atoms with E-state index in [0.717, 1.165) is 18.4 Å². The molecule has 0 aliphatic carbocycles. The van der Waals surface area contributed by atoms with Crippen LogP contribution in [0.15, 0.2) is 30.3 Å². The Morgan fingerprint density at radius 2 is 2.00 bits per heavy atom. The lowest BCUT2D eigenvalue weighted by Gasteiger charge is -2.15. The van der Waals surface area contributed by atoms with Gasteiger partial charge in [0.15, 0.2) is 0 Å². The minimum Gasteiger partial charge on any atom is -0.445 e. The molecule has 19 heavy (non-hydrogen) atoms. The summed E-state index contributed by atoms with van der Waals surface area (Å²) in [6, 6.07) is 9.83. The third-order valence-electron chi connectivity index (χ3n) is 3.22. The van der Waals surface area contributed by atoms with Gasteiger partial charge in [-0.25, -0.2) is 4.79 Å². The Morgan fingerprint density at radius 3 is 2.63 bits per heavy atom. The molecule has 0 aliphatic heterocycles. The van der Waals surface area contributed by atoms with Crippen molar-refractivity contribution in [1.82, 2.24) is 5.32 Å². The third-order valence-corrected chi connectivity index (χ3v) is 3.22. The molecular formula is C15H24N2O2. The summed E-state index contributed by atoms with van der Waals surface area (Å²) in [6.45, 7) is 5.07. The molecule has 1 aromatic rings. The van der Waals surface area contributed by atoms with E-state index in [1.165, 1.54) is 0 Å². The highest BCUT2D eigenvalue weighted by Gasteiger charge is 2.07. The van der Waals surface area contributed by atoms with Gasteiger partial charge < -0.3 is 15.8 Å². The van der Waals surface area contributed by atoms with Crippen LogP contribution in [0.4, 0.5) is 4.79 Å². The lowest BCUT2D eigenvalue weighted by Crippen LogP contribution is -2.28. The van der Waals surface area contributed by atoms with E-state index in [1.54, 1.807) is 0 Å². The van der Waals surface area contributed by atoms with Gasteiger partial charge in [-0.1, -0.05) is 37.3 Å². The molecule has 4 nitrogen and oxygen atoms in total. The summed E-state index contributed by atoms with van der Waals surface area (Å²) in [6.07, 6.45) is 1.57. The fraction of sp³-hybridized carbons (Fsp3) is 0.533. The summed E-state index contributed by atoms with van der Waals surface area (Å²) in [4.78, 5) is 11.4. The molecule has 1 unspecified atom stereocenters. The highest BCUT2D eigenvalue weighted by atomic mass is 16.5. The van der Waals surface area contributed by atoms with Gasteiger partial charge in [0.2, 0.25) is 0 Å². The van der Waals surface area contributed by atoms with Gasteiger partial charge in [0.05, 0.1) is 0 Å². The quantitative estimate of drug-likeness (QED) is 0.744. The van der Waals surface area contributed by atoms with Gasteiger partial charge in [-0.3, -0.25) is 0 Å². The average Bonchev–Trinajstić information content (AvgIpc) is 2.42. The van der Waals surface area contributed by atoms with Crippen molar-refractivity contribution in [2.75, 3.05) is 6.54 Å². The topological polar surface area (TPSA) is 64.3 Å². The number of carbonyl (C=O) groups is 1. The van der Waals surface area contributed by atoms with E-state index in [1.807, 2.05) is 37.3 Å². The lowest BCUT2D eigenvalue weighted by atomic mass is 9.99. The van der Waals surface area contributed by atoms with Gasteiger partial charge in [-0.2, -0.15) is 0 Å². The van der Waals surface area contributed by atoms with Gasteiger partial charge in [0.25, 0.3) is 0 Å². The fourth-order valence-electron chi connectivity index (χ4n) is 1.65. The maximum Gasteiger partial charge on any atom is 0.407 e. The van der Waals surface area contributed by atoms with E-state index in [9.17, 15) is 4.79 Å². The number of rotatable bonds is 7. The summed E-state index contributed by atoms with van der Waals surface area (Å²) in [5.74, 6) is 0.474. The molecule has 0 fully saturated rings. The van der Waals surface area contributed by atoms with E-state index < -0.39 is 0 Å². The zero-order valence-corrected chi connectivity index (χ0v) is 11.8. The van der Waals surface area contributed by atoms with E-state index in [4.69, 9.17) is 10.5 Å². The molecule has 2 atom stereocenters. The Labute approximate surface area is 115 Å². The molecule has 0 bridgehead atoms. The standard InChI is InChI=1S/C15H24N2O2/c1-12(13(2)16)7-6-10-17-15(18)19-11-14-8-4-3-5-9-14/h3-5,8-9,12-13H,6-7,10-11,16H2,1-2H3,(H,17,18)/t12-,13?/m0/s1. The van der Waals surface area contributed by atoms with Crippen LogP contribution in [-0.2, 0) is 11.3 Å². The second-order valence-corrected chi connectivity index (χ2v) is 4.97. The molecule has 0 aromatic heterocycles. The van der Waals surface area contributed by atoms with Crippen LogP contribution in [0.1, 0.15) is 32.3 Å². The number of nitrogens with two attached hydrogens (primary N) is 1. The maximum absolute atomic E-state index is 11.4. The summed E-state index contributed by atoms with van der Waals surface area (Å²) in [7, 11) is 0. The van der Waals surface area contributed by atoms with Crippen LogP contribution >= 0.6 is 0 Å². The highest BCUT2D eigenvalue weighted by molar-refractivity contribution is 5.67. The first kappa shape index (κ1) is 15.5. The summed E-state index contributed by atoms with van der Waals surface area (Å²) in [5, 5.41) is 2.75. The molecule has 1 rings (SSSR count). The largest absolute Gasteiger partial charge is 0.445 e. The predicted molar refractivity (Wildman–Crippen MR) is 76.7 cm³/mol. The average molecular weight is 264 g/mol. The number of nitrogens with one attached hydrogen (secondary N) is 1. The van der Waals surface area contributed by atoms with Gasteiger partial charge in [0, 0.05) is 12.6 Å². The number of benzene rings is 1. The predicted octanol–water partition coefficient (Wildman–Crippen LogP) is 2.68. The van der Waals surface area contributed by atoms with Gasteiger partial charge in [0.1, 0.15) is 6.61 Å². The van der Waals surface area contributed by atoms with Gasteiger partial charge >= 0.3 is 6.09 Å². The van der Waals surface area contributed by atoms with Gasteiger partial charge in [-0.05, 0) is 31.2 Å². The molecule has 0 radical (unpaired) electrons. The smallest absolute Gasteiger partial charge is 0.407 e. The van der Waals surface area contributed by atoms with Crippen molar-refractivity contribution in [2.45, 2.75) is 39.3 Å². The van der Waals surface area contributed by atoms with Crippen LogP contribution in [0, 0.1) is 5.92 Å². The zero-order chi connectivity index (χ0) is 14.1. The minimum atomic E-state index is -0.364. The molecule has 4 heteroatoms. The lowest BCUT2D eigenvalue weighted by molar-refractivity contribution is 0.139. The van der Waals surface area contributed by atoms with Crippen molar-refractivity contribution in [3.63, 3.8) is 0 Å². The van der Waals surface area contributed by atoms with Crippen LogP contribution < -0.4 is 11.1 Å². The van der Waals surface area contributed by atoms with Crippen molar-refractivity contribution >= 4 is 6.09 Å². The van der Waals surface area contributed by atoms with E-state index in [-0.39, 0.29) is 12.1 Å². The molecule has 1 amide bonds. The van der Waals surface area contributed by atoms with Crippen LogP contribution in [0.3, 0.4) is 0 Å². The molecule has 0 spiro atoms. The normalized spacial score (nSPS) is 13.6. The summed E-state index contributed by atoms with van der Waals surface area (Å²) < 4.78 is 5.11. The molecule has 0 saturated heterocycles. The number of amides is 1. The number of hydrogen-bond acceptors (Lipinski definition) is 3. The third kappa shape index (κ3) is 6.82. The monoisotopic (exact) mass is 264 g/mol. The molecule has 106 valence electrons. The van der Waals surface area contributed by atoms with Crippen LogP contribution in [0.2, 0.25) is 0 Å². The Kier molecular flexibility index (Phi) is 6.97. The zero-order valence-electron chi connectivity index (χ0n) is 11.8. The summed E-state index contributed by atoms with van der Waals surface area (Å²) in [5.41, 5.74) is 6.77. The Hall–Kier alpha value is -1.55. The van der Waals surface area contributed by atoms with Crippen molar-refractivity contribution in [3.05, 3.63) is 35.9 Å². The Bertz CT molecular complexity index is 366. The fourth-order valence-corrected chi connectivity index (χ4v) is 1.65. The highest BCUT2D eigenvalue weighted by Crippen LogP contribution is 2.07. The second kappa shape index (κ2) is 8.53. The first-order chi connectivity index (χ1) is 9.09. The number of alkyl carbamates (subject to hydrolysis) is 1. The number of carbonyl (C=O) groups excluding carboxylic acids is 1. The SMILES string of the molecule is CC(N)[C@@H](C)CCCNC(=O)OCc1ccccc1. The molecule has 0 aliphatic rings. The second-order valence-electron chi connectivity index (χ2n) is 4.97. The molecule has 0 heterocycles. The van der Waals surface area contributed by atoms with Crippen LogP contribution in [0.5, 0.6) is 0 Å². The van der Waals surface area contributed by atoms with E-state index in [2.05, 4.69) is 12.2 Å². The molecule has 0 saturated carbocycles. The minimum absolute atomic E-state index is 0.199. The van der Waals surface area contributed by atoms with Crippen molar-refractivity contribution in [1.29, 1.82) is 0 Å². The van der Waals surface area contributed by atoms with Gasteiger partial charge in [-0.15, -0.1) is 0 Å². The van der Waals surface area contributed by atoms with Crippen molar-refractivity contribution in [3.8, 4) is 0 Å². The van der Waals surface area contributed by atoms with Crippen LogP contribution in [0.25, 0.3) is 0 Å². The van der Waals surface area contributed by atoms with E-state index >= 15 is 0 Å². The maximum atomic E-state index is 11.4. The van der Waals surface area contributed by atoms with Crippen LogP contribution in [-0.4, -0.2) is 18.7 Å². The number of hydrogen-bond donors (Lipinski definition) is 2. The molecule has 1 aromatic carbocycles. The first-order valence-electron chi connectivity index (χ1n) is 6.79. The van der Waals surface area contributed by atoms with Crippen molar-refractivity contribution < 1.29 is 9.53 Å². The van der Waals surface area contributed by atoms with E-state index in [0.29, 0.717) is 19.1 Å².